The van der Waals surface area contributed by atoms with Crippen LogP contribution in [0.1, 0.15) is 32.8 Å². The number of ether oxygens (including phenoxy) is 3. The Bertz CT molecular complexity index is 559. The number of esters is 1. The zero-order chi connectivity index (χ0) is 16.0. The van der Waals surface area contributed by atoms with Gasteiger partial charge < -0.3 is 14.2 Å². The minimum atomic E-state index is -0.717. The highest BCUT2D eigenvalue weighted by molar-refractivity contribution is 6.11. The summed E-state index contributed by atoms with van der Waals surface area (Å²) in [5, 5.41) is 0. The molecule has 0 spiro atoms. The van der Waals surface area contributed by atoms with Crippen LogP contribution < -0.4 is 0 Å². The second-order valence-corrected chi connectivity index (χ2v) is 6.68. The van der Waals surface area contributed by atoms with E-state index in [1.54, 1.807) is 0 Å². The van der Waals surface area contributed by atoms with Gasteiger partial charge in [0.15, 0.2) is 0 Å². The molecule has 0 aromatic heterocycles. The van der Waals surface area contributed by atoms with Crippen LogP contribution in [0.4, 0.5) is 0 Å². The summed E-state index contributed by atoms with van der Waals surface area (Å²) in [6, 6.07) is 9.13. The summed E-state index contributed by atoms with van der Waals surface area (Å²) in [6.07, 6.45) is -0.0185. The summed E-state index contributed by atoms with van der Waals surface area (Å²) in [5.41, 5.74) is -0.311. The molecule has 2 fully saturated rings. The molecule has 3 rings (SSSR count). The van der Waals surface area contributed by atoms with Gasteiger partial charge in [-0.15, -0.1) is 0 Å². The normalized spacial score (nSPS) is 35.5. The maximum atomic E-state index is 12.3. The Morgan fingerprint density at radius 2 is 1.95 bits per heavy atom. The number of hydrogen-bond donors (Lipinski definition) is 0. The molecule has 2 unspecified atom stereocenters. The molecular formula is C17H21BO4. The first-order valence-electron chi connectivity index (χ1n) is 7.66. The molecule has 2 heterocycles. The molecule has 0 aliphatic carbocycles. The first-order valence-corrected chi connectivity index (χ1v) is 7.66. The lowest BCUT2D eigenvalue weighted by Crippen LogP contribution is -2.54. The average molecular weight is 300 g/mol. The summed E-state index contributed by atoms with van der Waals surface area (Å²) in [4.78, 5) is 12.3. The highest BCUT2D eigenvalue weighted by Crippen LogP contribution is 2.55. The van der Waals surface area contributed by atoms with Crippen LogP contribution in [0, 0.1) is 5.92 Å². The molecule has 22 heavy (non-hydrogen) atoms. The van der Waals surface area contributed by atoms with Crippen LogP contribution in [0.15, 0.2) is 30.3 Å². The predicted octanol–water partition coefficient (Wildman–Crippen LogP) is 2.20. The molecule has 4 nitrogen and oxygen atoms in total. The Morgan fingerprint density at radius 3 is 2.55 bits per heavy atom. The molecule has 1 aromatic rings. The molecule has 2 aliphatic rings. The third-order valence-electron chi connectivity index (χ3n) is 5.00. The van der Waals surface area contributed by atoms with E-state index < -0.39 is 17.2 Å². The lowest BCUT2D eigenvalue weighted by Gasteiger charge is -2.43. The first kappa shape index (κ1) is 15.6. The van der Waals surface area contributed by atoms with Gasteiger partial charge >= 0.3 is 5.97 Å². The Morgan fingerprint density at radius 1 is 1.27 bits per heavy atom. The van der Waals surface area contributed by atoms with Crippen LogP contribution >= 0.6 is 0 Å². The van der Waals surface area contributed by atoms with Gasteiger partial charge in [0.25, 0.3) is 0 Å². The van der Waals surface area contributed by atoms with E-state index in [-0.39, 0.29) is 31.0 Å². The summed E-state index contributed by atoms with van der Waals surface area (Å²) in [5.74, 6) is -0.232. The van der Waals surface area contributed by atoms with Crippen LogP contribution in [0.25, 0.3) is 0 Å². The van der Waals surface area contributed by atoms with Crippen LogP contribution in [0.2, 0.25) is 0 Å². The highest BCUT2D eigenvalue weighted by atomic mass is 16.6. The number of hydrogen-bond acceptors (Lipinski definition) is 4. The average Bonchev–Trinajstić information content (AvgIpc) is 2.81. The van der Waals surface area contributed by atoms with Crippen molar-refractivity contribution < 1.29 is 19.0 Å². The third kappa shape index (κ3) is 2.36. The number of carbonyl (C=O) groups is 1. The van der Waals surface area contributed by atoms with E-state index in [1.165, 1.54) is 0 Å². The van der Waals surface area contributed by atoms with Crippen molar-refractivity contribution in [2.24, 2.45) is 5.92 Å². The number of rotatable bonds is 4. The molecule has 116 valence electrons. The summed E-state index contributed by atoms with van der Waals surface area (Å²) in [6.45, 7) is 6.18. The van der Waals surface area contributed by atoms with Gasteiger partial charge in [0, 0.05) is 11.9 Å². The second-order valence-electron chi connectivity index (χ2n) is 6.68. The molecule has 2 bridgehead atoms. The van der Waals surface area contributed by atoms with Gasteiger partial charge in [-0.2, -0.15) is 0 Å². The standard InChI is InChI=1S/C17H21BO4/c1-11-14-15(18)22-17(11,16(2,3)21-14)9-13(19)20-10-12-7-5-4-6-8-12/h4-8,11,14-15H,9-10H2,1-3H3/t11?,14?,15-,17-/m1/s1. The Kier molecular flexibility index (Phi) is 3.81. The van der Waals surface area contributed by atoms with E-state index in [2.05, 4.69) is 0 Å². The van der Waals surface area contributed by atoms with Crippen LogP contribution in [-0.4, -0.2) is 37.1 Å². The summed E-state index contributed by atoms with van der Waals surface area (Å²) < 4.78 is 17.3. The third-order valence-corrected chi connectivity index (χ3v) is 5.00. The van der Waals surface area contributed by atoms with Gasteiger partial charge in [0.1, 0.15) is 20.1 Å². The van der Waals surface area contributed by atoms with Crippen LogP contribution in [0.5, 0.6) is 0 Å². The van der Waals surface area contributed by atoms with Crippen molar-refractivity contribution >= 4 is 13.8 Å². The van der Waals surface area contributed by atoms with Gasteiger partial charge in [0.2, 0.25) is 0 Å². The van der Waals surface area contributed by atoms with Crippen LogP contribution in [0.3, 0.4) is 0 Å². The molecular weight excluding hydrogens is 279 g/mol. The molecule has 1 aromatic carbocycles. The fourth-order valence-electron chi connectivity index (χ4n) is 3.69. The molecule has 5 heteroatoms. The second kappa shape index (κ2) is 5.39. The minimum absolute atomic E-state index is 0.0572. The van der Waals surface area contributed by atoms with Gasteiger partial charge in [-0.05, 0) is 19.4 Å². The van der Waals surface area contributed by atoms with E-state index in [1.807, 2.05) is 51.1 Å². The molecule has 0 N–H and O–H groups in total. The van der Waals surface area contributed by atoms with E-state index in [4.69, 9.17) is 22.1 Å². The molecule has 2 saturated heterocycles. The van der Waals surface area contributed by atoms with Crippen molar-refractivity contribution in [3.63, 3.8) is 0 Å². The highest BCUT2D eigenvalue weighted by Gasteiger charge is 2.67. The summed E-state index contributed by atoms with van der Waals surface area (Å²) >= 11 is 0. The Balaban J connectivity index is 1.67. The molecule has 4 atom stereocenters. The molecule has 0 amide bonds. The van der Waals surface area contributed by atoms with Gasteiger partial charge in [-0.3, -0.25) is 4.79 Å². The number of fused-ring (bicyclic) bond motifs is 2. The van der Waals surface area contributed by atoms with E-state index in [0.717, 1.165) is 5.56 Å². The number of benzene rings is 1. The van der Waals surface area contributed by atoms with Crippen molar-refractivity contribution in [1.29, 1.82) is 0 Å². The first-order chi connectivity index (χ1) is 10.4. The zero-order valence-corrected chi connectivity index (χ0v) is 13.2. The SMILES string of the molecule is [B][C@@H]1O[C@]2(CC(=O)OCc3ccccc3)C(C)C1OC2(C)C. The smallest absolute Gasteiger partial charge is 0.309 e. The summed E-state index contributed by atoms with van der Waals surface area (Å²) in [7, 11) is 5.96. The van der Waals surface area contributed by atoms with Crippen molar-refractivity contribution in [3.8, 4) is 0 Å². The van der Waals surface area contributed by atoms with Gasteiger partial charge in [0.05, 0.1) is 18.1 Å². The fraction of sp³-hybridized carbons (Fsp3) is 0.588. The van der Waals surface area contributed by atoms with Gasteiger partial charge in [-0.1, -0.05) is 37.3 Å². The number of carbonyl (C=O) groups excluding carboxylic acids is 1. The maximum absolute atomic E-state index is 12.3. The molecule has 2 aliphatic heterocycles. The predicted molar refractivity (Wildman–Crippen MR) is 82.3 cm³/mol. The van der Waals surface area contributed by atoms with Crippen molar-refractivity contribution in [1.82, 2.24) is 0 Å². The lowest BCUT2D eigenvalue weighted by molar-refractivity contribution is -0.213. The molecule has 0 saturated carbocycles. The van der Waals surface area contributed by atoms with Crippen molar-refractivity contribution in [2.75, 3.05) is 0 Å². The fourth-order valence-corrected chi connectivity index (χ4v) is 3.69. The largest absolute Gasteiger partial charge is 0.461 e. The van der Waals surface area contributed by atoms with Crippen molar-refractivity contribution in [3.05, 3.63) is 35.9 Å². The molecule has 2 radical (unpaired) electrons. The van der Waals surface area contributed by atoms with Gasteiger partial charge in [-0.25, -0.2) is 0 Å². The minimum Gasteiger partial charge on any atom is -0.461 e. The van der Waals surface area contributed by atoms with Crippen molar-refractivity contribution in [2.45, 2.75) is 57.1 Å². The van der Waals surface area contributed by atoms with E-state index in [0.29, 0.717) is 0 Å². The quantitative estimate of drug-likeness (QED) is 0.631. The Hall–Kier alpha value is -1.33. The Labute approximate surface area is 132 Å². The van der Waals surface area contributed by atoms with Crippen LogP contribution in [-0.2, 0) is 25.6 Å². The zero-order valence-electron chi connectivity index (χ0n) is 13.2. The van der Waals surface area contributed by atoms with E-state index >= 15 is 0 Å². The topological polar surface area (TPSA) is 44.8 Å². The maximum Gasteiger partial charge on any atom is 0.309 e. The lowest BCUT2D eigenvalue weighted by atomic mass is 9.76. The van der Waals surface area contributed by atoms with E-state index in [9.17, 15) is 4.79 Å². The monoisotopic (exact) mass is 300 g/mol.